The molecule has 4 unspecified atom stereocenters. The molecule has 0 aliphatic rings. The highest BCUT2D eigenvalue weighted by molar-refractivity contribution is 5.88. The quantitative estimate of drug-likeness (QED) is 0.0933. The Morgan fingerprint density at radius 1 is 1.08 bits per heavy atom. The van der Waals surface area contributed by atoms with Crippen molar-refractivity contribution in [1.29, 1.82) is 0 Å². The van der Waals surface area contributed by atoms with E-state index < -0.39 is 23.1 Å². The summed E-state index contributed by atoms with van der Waals surface area (Å²) in [4.78, 5) is 37.3. The van der Waals surface area contributed by atoms with Crippen LogP contribution >= 0.6 is 0 Å². The summed E-state index contributed by atoms with van der Waals surface area (Å²) >= 11 is 0. The number of amides is 2. The van der Waals surface area contributed by atoms with Gasteiger partial charge in [-0.25, -0.2) is 0 Å². The van der Waals surface area contributed by atoms with Crippen molar-refractivity contribution < 1.29 is 60.5 Å². The van der Waals surface area contributed by atoms with Gasteiger partial charge in [0.15, 0.2) is 5.75 Å². The second-order valence-electron chi connectivity index (χ2n) is 9.65. The molecular formula is C26H49Cl2N5O6. The number of aromatic nitrogens is 1. The number of nitrogens with zero attached hydrogens (tertiary/aromatic N) is 1. The van der Waals surface area contributed by atoms with Gasteiger partial charge in [0.1, 0.15) is 12.6 Å². The number of halogens is 2. The van der Waals surface area contributed by atoms with Crippen LogP contribution in [-0.4, -0.2) is 74.1 Å². The number of nitrogens with one attached hydrogen (secondary N) is 2. The van der Waals surface area contributed by atoms with Crippen molar-refractivity contribution in [1.82, 2.24) is 15.2 Å². The summed E-state index contributed by atoms with van der Waals surface area (Å²) in [6.45, 7) is 6.97. The second-order valence-corrected chi connectivity index (χ2v) is 9.65. The maximum absolute atomic E-state index is 13.3. The fraction of sp³-hybridized carbons (Fsp3) is 0.731. The van der Waals surface area contributed by atoms with Gasteiger partial charge < -0.3 is 66.1 Å². The number of pyridine rings is 1. The summed E-state index contributed by atoms with van der Waals surface area (Å²) in [5, 5.41) is 15.6. The summed E-state index contributed by atoms with van der Waals surface area (Å²) in [6, 6.07) is 0.293. The van der Waals surface area contributed by atoms with Gasteiger partial charge >= 0.3 is 0 Å². The van der Waals surface area contributed by atoms with Crippen LogP contribution in [0, 0.1) is 17.8 Å². The van der Waals surface area contributed by atoms with Crippen molar-refractivity contribution in [2.24, 2.45) is 17.8 Å². The van der Waals surface area contributed by atoms with Crippen LogP contribution in [0.1, 0.15) is 46.0 Å². The van der Waals surface area contributed by atoms with Crippen molar-refractivity contribution in [2.75, 3.05) is 46.6 Å². The zero-order valence-electron chi connectivity index (χ0n) is 23.6. The highest BCUT2D eigenvalue weighted by atomic mass is 35.5. The Morgan fingerprint density at radius 3 is 2.31 bits per heavy atom. The Bertz CT molecular complexity index is 856. The third kappa shape index (κ3) is 16.1. The van der Waals surface area contributed by atoms with E-state index in [0.29, 0.717) is 25.0 Å². The van der Waals surface area contributed by atoms with E-state index in [4.69, 9.17) is 9.47 Å². The highest BCUT2D eigenvalue weighted by Crippen LogP contribution is 2.23. The Kier molecular flexibility index (Phi) is 23.0. The number of carbonyl (C=O) groups is 2. The van der Waals surface area contributed by atoms with E-state index in [1.54, 1.807) is 0 Å². The van der Waals surface area contributed by atoms with Gasteiger partial charge in [-0.05, 0) is 31.6 Å². The Morgan fingerprint density at radius 2 is 1.74 bits per heavy atom. The lowest BCUT2D eigenvalue weighted by molar-refractivity contribution is -0.381. The molecule has 11 nitrogen and oxygen atoms in total. The molecule has 0 aliphatic carbocycles. The van der Waals surface area contributed by atoms with Crippen molar-refractivity contribution in [2.45, 2.75) is 58.5 Å². The predicted molar refractivity (Wildman–Crippen MR) is 140 cm³/mol. The molecule has 39 heavy (non-hydrogen) atoms. The Labute approximate surface area is 244 Å². The van der Waals surface area contributed by atoms with Crippen LogP contribution in [0.15, 0.2) is 23.3 Å². The molecule has 0 saturated carbocycles. The van der Waals surface area contributed by atoms with E-state index in [0.717, 1.165) is 45.2 Å². The van der Waals surface area contributed by atoms with Gasteiger partial charge in [0.2, 0.25) is 17.2 Å². The largest absolute Gasteiger partial charge is 1.00 e. The molecule has 0 saturated heterocycles. The van der Waals surface area contributed by atoms with Gasteiger partial charge in [0.25, 0.3) is 0 Å². The number of hydrogen-bond donors (Lipinski definition) is 5. The van der Waals surface area contributed by atoms with E-state index in [9.17, 15) is 19.5 Å². The van der Waals surface area contributed by atoms with Crippen LogP contribution < -0.4 is 52.3 Å². The number of quaternary nitrogens is 2. The smallest absolute Gasteiger partial charge is 0.246 e. The molecule has 0 aliphatic heterocycles. The summed E-state index contributed by atoms with van der Waals surface area (Å²) in [5.74, 6) is 0.0546. The van der Waals surface area contributed by atoms with Gasteiger partial charge in [0, 0.05) is 44.0 Å². The van der Waals surface area contributed by atoms with Gasteiger partial charge in [-0.1, -0.05) is 20.3 Å². The molecule has 9 N–H and O–H groups in total. The minimum Gasteiger partial charge on any atom is -1.00 e. The van der Waals surface area contributed by atoms with Crippen molar-refractivity contribution >= 4 is 11.8 Å². The zero-order chi connectivity index (χ0) is 27.6. The molecule has 1 rings (SSSR count). The van der Waals surface area contributed by atoms with Gasteiger partial charge in [-0.15, -0.1) is 0 Å². The maximum atomic E-state index is 13.3. The van der Waals surface area contributed by atoms with E-state index in [-0.39, 0.29) is 56.4 Å². The number of hydrogen-bond acceptors (Lipinski definition) is 6. The fourth-order valence-electron chi connectivity index (χ4n) is 4.42. The molecule has 0 bridgehead atoms. The van der Waals surface area contributed by atoms with Gasteiger partial charge in [0.05, 0.1) is 32.8 Å². The predicted octanol–water partition coefficient (Wildman–Crippen LogP) is -6.85. The number of ether oxygens (including phenoxy) is 2. The monoisotopic (exact) mass is 597 g/mol. The lowest BCUT2D eigenvalue weighted by Crippen LogP contribution is -3.00. The molecule has 228 valence electrons. The van der Waals surface area contributed by atoms with Crippen molar-refractivity contribution in [3.8, 4) is 5.75 Å². The van der Waals surface area contributed by atoms with Crippen LogP contribution in [0.2, 0.25) is 0 Å². The average Bonchev–Trinajstić information content (AvgIpc) is 2.89. The Balaban J connectivity index is 0. The molecule has 1 aromatic rings. The number of aromatic hydroxyl groups is 1. The van der Waals surface area contributed by atoms with Crippen LogP contribution in [0.4, 0.5) is 0 Å². The van der Waals surface area contributed by atoms with Crippen LogP contribution in [0.5, 0.6) is 5.75 Å². The topological polar surface area (TPSA) is 174 Å². The standard InChI is InChI=1S/C26H47N5O6.2ClH/c1-4-6-20(14-28)12-21(11-19(5-2)13-27)15-29-26(35)22(30-25(34)18-37-10-9-36-3)16-31-8-7-23(32)24(33)17-31;;/h7-8,17,19-22,33H,4-6,9-16,18,27-28H2,1-3H3,(H,29,35)(H,30,34);2*1H. The summed E-state index contributed by atoms with van der Waals surface area (Å²) in [5.41, 5.74) is 7.69. The average molecular weight is 599 g/mol. The van der Waals surface area contributed by atoms with E-state index in [1.165, 1.54) is 30.1 Å². The van der Waals surface area contributed by atoms with Gasteiger partial charge in [-0.2, -0.15) is 0 Å². The van der Waals surface area contributed by atoms with Crippen molar-refractivity contribution in [3.05, 3.63) is 28.7 Å². The normalized spacial score (nSPS) is 13.8. The highest BCUT2D eigenvalue weighted by Gasteiger charge is 2.25. The number of rotatable bonds is 20. The maximum Gasteiger partial charge on any atom is 0.246 e. The lowest BCUT2D eigenvalue weighted by Gasteiger charge is -2.26. The molecule has 0 radical (unpaired) electrons. The zero-order valence-corrected chi connectivity index (χ0v) is 25.1. The number of carbonyl (C=O) groups excluding carboxylic acids is 2. The fourth-order valence-corrected chi connectivity index (χ4v) is 4.42. The first-order chi connectivity index (χ1) is 17.8. The van der Waals surface area contributed by atoms with E-state index in [1.807, 2.05) is 0 Å². The molecule has 13 heteroatoms. The van der Waals surface area contributed by atoms with Crippen LogP contribution in [0.25, 0.3) is 0 Å². The first-order valence-corrected chi connectivity index (χ1v) is 13.4. The first-order valence-electron chi connectivity index (χ1n) is 13.4. The summed E-state index contributed by atoms with van der Waals surface area (Å²) in [7, 11) is 1.54. The third-order valence-corrected chi connectivity index (χ3v) is 6.66. The first kappa shape index (κ1) is 39.3. The van der Waals surface area contributed by atoms with Crippen LogP contribution in [-0.2, 0) is 25.6 Å². The lowest BCUT2D eigenvalue weighted by atomic mass is 9.84. The molecule has 0 spiro atoms. The molecule has 4 atom stereocenters. The third-order valence-electron chi connectivity index (χ3n) is 6.66. The van der Waals surface area contributed by atoms with Gasteiger partial charge in [-0.3, -0.25) is 14.4 Å². The SMILES string of the molecule is CCCC(C[NH3+])CC(CNC(=O)C(Cn1ccc(=O)c(O)c1)NC(=O)COCCOC)CC(CC)C[NH3+].[Cl-].[Cl-]. The molecule has 1 aromatic heterocycles. The minimum atomic E-state index is -0.921. The number of methoxy groups -OCH3 is 1. The second kappa shape index (κ2) is 22.9. The summed E-state index contributed by atoms with van der Waals surface area (Å²) in [6.07, 6.45) is 7.90. The molecule has 0 fully saturated rings. The molecule has 0 aromatic carbocycles. The van der Waals surface area contributed by atoms with Crippen LogP contribution in [0.3, 0.4) is 0 Å². The molecular weight excluding hydrogens is 549 g/mol. The summed E-state index contributed by atoms with van der Waals surface area (Å²) < 4.78 is 11.7. The van der Waals surface area contributed by atoms with Crippen molar-refractivity contribution in [3.63, 3.8) is 0 Å². The molecule has 1 heterocycles. The minimum absolute atomic E-state index is 0. The van der Waals surface area contributed by atoms with E-state index >= 15 is 0 Å². The Hall–Kier alpha value is -1.89. The molecule has 2 amide bonds. The van der Waals surface area contributed by atoms with E-state index in [2.05, 4.69) is 35.9 Å².